The maximum Gasteiger partial charge on any atom is 0.266 e. The molecule has 7 nitrogen and oxygen atoms in total. The molecule has 3 aromatic rings. The molecular formula is C22H17N3O4S. The minimum Gasteiger partial charge on any atom is -0.457 e. The van der Waals surface area contributed by atoms with Gasteiger partial charge in [0.1, 0.15) is 23.1 Å². The van der Waals surface area contributed by atoms with Gasteiger partial charge in [0, 0.05) is 5.69 Å². The summed E-state index contributed by atoms with van der Waals surface area (Å²) in [6.45, 7) is 0. The summed E-state index contributed by atoms with van der Waals surface area (Å²) < 4.78 is 28.3. The number of amides is 1. The smallest absolute Gasteiger partial charge is 0.266 e. The Morgan fingerprint density at radius 3 is 2.27 bits per heavy atom. The monoisotopic (exact) mass is 419 g/mol. The first-order valence-corrected chi connectivity index (χ1v) is 10.3. The van der Waals surface area contributed by atoms with Crippen LogP contribution in [0.25, 0.3) is 6.08 Å². The SMILES string of the molecule is N#C/C(=C\c1cccc(Oc2ccccc2)c1)C(=O)Nc1ccc(S(N)(=O)=O)cc1. The lowest BCUT2D eigenvalue weighted by Crippen LogP contribution is -2.14. The number of anilines is 1. The van der Waals surface area contributed by atoms with Crippen molar-refractivity contribution in [1.29, 1.82) is 5.26 Å². The van der Waals surface area contributed by atoms with Crippen LogP contribution in [0, 0.1) is 11.3 Å². The van der Waals surface area contributed by atoms with E-state index in [0.717, 1.165) is 0 Å². The number of carbonyl (C=O) groups is 1. The van der Waals surface area contributed by atoms with Crippen molar-refractivity contribution in [2.45, 2.75) is 4.90 Å². The van der Waals surface area contributed by atoms with Crippen molar-refractivity contribution in [3.05, 3.63) is 90.0 Å². The number of ether oxygens (including phenoxy) is 1. The van der Waals surface area contributed by atoms with Crippen molar-refractivity contribution >= 4 is 27.7 Å². The van der Waals surface area contributed by atoms with E-state index >= 15 is 0 Å². The number of sulfonamides is 1. The zero-order valence-corrected chi connectivity index (χ0v) is 16.5. The molecule has 8 heteroatoms. The predicted octanol–water partition coefficient (Wildman–Crippen LogP) is 3.67. The zero-order valence-electron chi connectivity index (χ0n) is 15.6. The average Bonchev–Trinajstić information content (AvgIpc) is 2.72. The summed E-state index contributed by atoms with van der Waals surface area (Å²) in [5, 5.41) is 17.0. The fourth-order valence-corrected chi connectivity index (χ4v) is 3.05. The minimum absolute atomic E-state index is 0.0771. The topological polar surface area (TPSA) is 122 Å². The van der Waals surface area contributed by atoms with Gasteiger partial charge in [-0.05, 0) is 60.2 Å². The molecule has 0 radical (unpaired) electrons. The van der Waals surface area contributed by atoms with Crippen molar-refractivity contribution in [2.75, 3.05) is 5.32 Å². The third-order valence-electron chi connectivity index (χ3n) is 3.95. The van der Waals surface area contributed by atoms with Crippen molar-refractivity contribution in [3.63, 3.8) is 0 Å². The van der Waals surface area contributed by atoms with Gasteiger partial charge in [-0.15, -0.1) is 0 Å². The summed E-state index contributed by atoms with van der Waals surface area (Å²) in [7, 11) is -3.82. The molecule has 0 unspecified atom stereocenters. The maximum atomic E-state index is 12.4. The molecule has 0 aromatic heterocycles. The molecule has 30 heavy (non-hydrogen) atoms. The molecule has 3 aromatic carbocycles. The third-order valence-corrected chi connectivity index (χ3v) is 4.88. The van der Waals surface area contributed by atoms with Gasteiger partial charge in [0.25, 0.3) is 5.91 Å². The second-order valence-corrected chi connectivity index (χ2v) is 7.74. The Hall–Kier alpha value is -3.93. The molecule has 3 rings (SSSR count). The van der Waals surface area contributed by atoms with Crippen molar-refractivity contribution in [2.24, 2.45) is 5.14 Å². The number of para-hydroxylation sites is 1. The van der Waals surface area contributed by atoms with Gasteiger partial charge in [-0.1, -0.05) is 30.3 Å². The Morgan fingerprint density at radius 1 is 0.967 bits per heavy atom. The van der Waals surface area contributed by atoms with E-state index in [2.05, 4.69) is 5.32 Å². The number of nitrogens with two attached hydrogens (primary N) is 1. The normalized spacial score (nSPS) is 11.4. The summed E-state index contributed by atoms with van der Waals surface area (Å²) >= 11 is 0. The molecule has 0 atom stereocenters. The number of primary sulfonamides is 1. The molecular weight excluding hydrogens is 402 g/mol. The van der Waals surface area contributed by atoms with Crippen molar-refractivity contribution < 1.29 is 17.9 Å². The Labute approximate surface area is 174 Å². The van der Waals surface area contributed by atoms with Gasteiger partial charge in [0.05, 0.1) is 4.90 Å². The molecule has 0 aliphatic heterocycles. The quantitative estimate of drug-likeness (QED) is 0.466. The number of nitriles is 1. The number of hydrogen-bond donors (Lipinski definition) is 2. The van der Waals surface area contributed by atoms with Crippen LogP contribution in [-0.4, -0.2) is 14.3 Å². The highest BCUT2D eigenvalue weighted by Crippen LogP contribution is 2.23. The van der Waals surface area contributed by atoms with Crippen LogP contribution < -0.4 is 15.2 Å². The van der Waals surface area contributed by atoms with E-state index in [1.165, 1.54) is 30.3 Å². The standard InChI is InChI=1S/C22H17N3O4S/c23-15-17(22(26)25-18-9-11-21(12-10-18)30(24,27)28)13-16-5-4-8-20(14-16)29-19-6-2-1-3-7-19/h1-14H,(H,25,26)(H2,24,27,28)/b17-13+. The summed E-state index contributed by atoms with van der Waals surface area (Å²) in [6.07, 6.45) is 1.44. The van der Waals surface area contributed by atoms with Crippen LogP contribution in [0.5, 0.6) is 11.5 Å². The molecule has 0 spiro atoms. The number of benzene rings is 3. The number of rotatable bonds is 6. The van der Waals surface area contributed by atoms with Crippen LogP contribution in [0.4, 0.5) is 5.69 Å². The summed E-state index contributed by atoms with van der Waals surface area (Å²) in [5.74, 6) is 0.598. The summed E-state index contributed by atoms with van der Waals surface area (Å²) in [5.41, 5.74) is 0.816. The fraction of sp³-hybridized carbons (Fsp3) is 0. The predicted molar refractivity (Wildman–Crippen MR) is 113 cm³/mol. The van der Waals surface area contributed by atoms with Gasteiger partial charge < -0.3 is 10.1 Å². The number of hydrogen-bond acceptors (Lipinski definition) is 5. The molecule has 0 fully saturated rings. The van der Waals surface area contributed by atoms with E-state index in [4.69, 9.17) is 9.88 Å². The van der Waals surface area contributed by atoms with Crippen LogP contribution in [0.15, 0.2) is 89.3 Å². The van der Waals surface area contributed by atoms with E-state index in [1.54, 1.807) is 24.3 Å². The van der Waals surface area contributed by atoms with E-state index < -0.39 is 15.9 Å². The Balaban J connectivity index is 1.76. The van der Waals surface area contributed by atoms with E-state index in [1.807, 2.05) is 36.4 Å². The molecule has 3 N–H and O–H groups in total. The average molecular weight is 419 g/mol. The van der Waals surface area contributed by atoms with Gasteiger partial charge in [-0.25, -0.2) is 13.6 Å². The molecule has 0 bridgehead atoms. The fourth-order valence-electron chi connectivity index (χ4n) is 2.53. The largest absolute Gasteiger partial charge is 0.457 e. The summed E-state index contributed by atoms with van der Waals surface area (Å²) in [6, 6.07) is 23.4. The second-order valence-electron chi connectivity index (χ2n) is 6.18. The number of carbonyl (C=O) groups excluding carboxylic acids is 1. The molecule has 0 saturated heterocycles. The van der Waals surface area contributed by atoms with Crippen LogP contribution in [0.2, 0.25) is 0 Å². The molecule has 0 aliphatic carbocycles. The first-order chi connectivity index (χ1) is 14.3. The van der Waals surface area contributed by atoms with Crippen molar-refractivity contribution in [1.82, 2.24) is 0 Å². The molecule has 0 heterocycles. The van der Waals surface area contributed by atoms with Crippen LogP contribution in [0.1, 0.15) is 5.56 Å². The lowest BCUT2D eigenvalue weighted by molar-refractivity contribution is -0.112. The lowest BCUT2D eigenvalue weighted by atomic mass is 10.1. The van der Waals surface area contributed by atoms with Crippen LogP contribution in [0.3, 0.4) is 0 Å². The molecule has 1 amide bonds. The van der Waals surface area contributed by atoms with E-state index in [9.17, 15) is 18.5 Å². The van der Waals surface area contributed by atoms with Gasteiger partial charge in [-0.2, -0.15) is 5.26 Å². The van der Waals surface area contributed by atoms with Gasteiger partial charge in [-0.3, -0.25) is 4.79 Å². The van der Waals surface area contributed by atoms with E-state index in [0.29, 0.717) is 22.7 Å². The Morgan fingerprint density at radius 2 is 1.63 bits per heavy atom. The molecule has 150 valence electrons. The first kappa shape index (κ1) is 20.8. The van der Waals surface area contributed by atoms with Crippen LogP contribution >= 0.6 is 0 Å². The highest BCUT2D eigenvalue weighted by Gasteiger charge is 2.12. The lowest BCUT2D eigenvalue weighted by Gasteiger charge is -2.07. The number of nitrogens with zero attached hydrogens (tertiary/aromatic N) is 1. The van der Waals surface area contributed by atoms with Gasteiger partial charge in [0.2, 0.25) is 10.0 Å². The Bertz CT molecular complexity index is 1230. The van der Waals surface area contributed by atoms with Crippen LogP contribution in [-0.2, 0) is 14.8 Å². The Kier molecular flexibility index (Phi) is 6.27. The maximum absolute atomic E-state index is 12.4. The molecule has 0 saturated carbocycles. The van der Waals surface area contributed by atoms with Gasteiger partial charge >= 0.3 is 0 Å². The highest BCUT2D eigenvalue weighted by atomic mass is 32.2. The summed E-state index contributed by atoms with van der Waals surface area (Å²) in [4.78, 5) is 12.4. The van der Waals surface area contributed by atoms with Gasteiger partial charge in [0.15, 0.2) is 0 Å². The first-order valence-electron chi connectivity index (χ1n) is 8.74. The molecule has 0 aliphatic rings. The zero-order chi connectivity index (χ0) is 21.6. The highest BCUT2D eigenvalue weighted by molar-refractivity contribution is 7.89. The van der Waals surface area contributed by atoms with E-state index in [-0.39, 0.29) is 10.5 Å². The third kappa shape index (κ3) is 5.54. The second kappa shape index (κ2) is 9.05. The minimum atomic E-state index is -3.82. The van der Waals surface area contributed by atoms with Crippen molar-refractivity contribution in [3.8, 4) is 17.6 Å². The number of nitrogens with one attached hydrogen (secondary N) is 1.